The maximum Gasteiger partial charge on any atom is 0.154 e. The van der Waals surface area contributed by atoms with E-state index in [-0.39, 0.29) is 0 Å². The molecular weight excluding hydrogens is 414 g/mol. The Labute approximate surface area is 192 Å². The third-order valence-corrected chi connectivity index (χ3v) is 7.12. The van der Waals surface area contributed by atoms with E-state index in [4.69, 9.17) is 9.72 Å². The number of anilines is 4. The zero-order valence-electron chi connectivity index (χ0n) is 18.3. The molecule has 0 amide bonds. The highest BCUT2D eigenvalue weighted by atomic mass is 16.5. The van der Waals surface area contributed by atoms with Gasteiger partial charge in [-0.15, -0.1) is 0 Å². The van der Waals surface area contributed by atoms with E-state index in [1.165, 1.54) is 12.8 Å². The highest BCUT2D eigenvalue weighted by Crippen LogP contribution is 2.44. The lowest BCUT2D eigenvalue weighted by Crippen LogP contribution is -2.53. The van der Waals surface area contributed by atoms with Gasteiger partial charge in [0, 0.05) is 24.0 Å². The molecule has 4 aliphatic rings. The Kier molecular flexibility index (Phi) is 4.18. The van der Waals surface area contributed by atoms with Gasteiger partial charge in [-0.3, -0.25) is 5.01 Å². The summed E-state index contributed by atoms with van der Waals surface area (Å²) in [6.45, 7) is 1.41. The second kappa shape index (κ2) is 7.37. The van der Waals surface area contributed by atoms with Crippen LogP contribution in [0.3, 0.4) is 0 Å². The molecule has 0 N–H and O–H groups in total. The van der Waals surface area contributed by atoms with E-state index in [0.717, 1.165) is 53.9 Å². The summed E-state index contributed by atoms with van der Waals surface area (Å²) in [4.78, 5) is 9.65. The predicted octanol–water partition coefficient (Wildman–Crippen LogP) is 5.48. The van der Waals surface area contributed by atoms with E-state index >= 15 is 0 Å². The minimum atomic E-state index is 0.290. The summed E-state index contributed by atoms with van der Waals surface area (Å²) >= 11 is 0. The summed E-state index contributed by atoms with van der Waals surface area (Å²) < 4.78 is 6.26. The van der Waals surface area contributed by atoms with Gasteiger partial charge in [0.05, 0.1) is 30.1 Å². The third-order valence-electron chi connectivity index (χ3n) is 7.12. The first kappa shape index (κ1) is 18.7. The van der Waals surface area contributed by atoms with Crippen molar-refractivity contribution in [3.8, 4) is 11.5 Å². The van der Waals surface area contributed by atoms with Gasteiger partial charge in [-0.25, -0.2) is 9.99 Å². The zero-order valence-corrected chi connectivity index (χ0v) is 18.3. The van der Waals surface area contributed by atoms with Crippen LogP contribution in [0.4, 0.5) is 22.9 Å². The summed E-state index contributed by atoms with van der Waals surface area (Å²) in [6.07, 6.45) is 6.56. The Morgan fingerprint density at radius 3 is 2.45 bits per heavy atom. The van der Waals surface area contributed by atoms with E-state index in [2.05, 4.69) is 55.6 Å². The summed E-state index contributed by atoms with van der Waals surface area (Å²) in [5, 5.41) is 13.2. The molecule has 1 fully saturated rings. The Balaban J connectivity index is 1.38. The van der Waals surface area contributed by atoms with E-state index in [1.807, 2.05) is 41.5 Å². The van der Waals surface area contributed by atoms with Crippen molar-refractivity contribution in [2.45, 2.75) is 37.8 Å². The summed E-state index contributed by atoms with van der Waals surface area (Å²) in [5.41, 5.74) is 3.22. The first-order valence-electron chi connectivity index (χ1n) is 11.7. The number of ether oxygens (including phenoxy) is 1. The number of hydrogen-bond acceptors (Lipinski definition) is 8. The maximum atomic E-state index is 6.26. The van der Waals surface area contributed by atoms with Gasteiger partial charge >= 0.3 is 0 Å². The van der Waals surface area contributed by atoms with E-state index < -0.39 is 0 Å². The third kappa shape index (κ3) is 3.08. The molecule has 4 heterocycles. The van der Waals surface area contributed by atoms with Crippen LogP contribution in [0.25, 0.3) is 0 Å². The lowest BCUT2D eigenvalue weighted by Gasteiger charge is -2.41. The van der Waals surface area contributed by atoms with Crippen molar-refractivity contribution in [2.75, 3.05) is 28.1 Å². The summed E-state index contributed by atoms with van der Waals surface area (Å²) in [6, 6.07) is 21.2. The zero-order chi connectivity index (χ0) is 21.8. The minimum absolute atomic E-state index is 0.290. The van der Waals surface area contributed by atoms with Crippen molar-refractivity contribution in [1.82, 2.24) is 9.99 Å². The fraction of sp³-hybridized carbons (Fsp3) is 0.320. The van der Waals surface area contributed by atoms with Crippen LogP contribution >= 0.6 is 0 Å². The average molecular weight is 440 g/mol. The Morgan fingerprint density at radius 2 is 1.58 bits per heavy atom. The second-order valence-electron chi connectivity index (χ2n) is 9.06. The number of benzene rings is 2. The summed E-state index contributed by atoms with van der Waals surface area (Å²) in [5.74, 6) is 2.64. The van der Waals surface area contributed by atoms with Crippen LogP contribution in [0.1, 0.15) is 25.7 Å². The molecule has 2 aromatic carbocycles. The number of pyridine rings is 1. The molecule has 3 aliphatic heterocycles. The Morgan fingerprint density at radius 1 is 0.788 bits per heavy atom. The lowest BCUT2D eigenvalue weighted by molar-refractivity contribution is 0.151. The topological polar surface area (TPSA) is 59.8 Å². The van der Waals surface area contributed by atoms with Crippen LogP contribution in [-0.2, 0) is 0 Å². The molecule has 8 heteroatoms. The monoisotopic (exact) mass is 439 g/mol. The molecule has 0 radical (unpaired) electrons. The van der Waals surface area contributed by atoms with E-state index in [9.17, 15) is 0 Å². The smallest absolute Gasteiger partial charge is 0.154 e. The number of hydrogen-bond donors (Lipinski definition) is 0. The minimum Gasteiger partial charge on any atom is -0.457 e. The fourth-order valence-corrected chi connectivity index (χ4v) is 5.56. The highest BCUT2D eigenvalue weighted by Gasteiger charge is 2.41. The second-order valence-corrected chi connectivity index (χ2v) is 9.06. The van der Waals surface area contributed by atoms with Crippen molar-refractivity contribution >= 4 is 22.9 Å². The predicted molar refractivity (Wildman–Crippen MR) is 127 cm³/mol. The fourth-order valence-electron chi connectivity index (χ4n) is 5.56. The molecule has 0 spiro atoms. The molecule has 1 saturated carbocycles. The van der Waals surface area contributed by atoms with Crippen LogP contribution in [0.15, 0.2) is 77.3 Å². The molecule has 1 aromatic heterocycles. The van der Waals surface area contributed by atoms with Crippen molar-refractivity contribution in [3.05, 3.63) is 66.9 Å². The van der Waals surface area contributed by atoms with Crippen molar-refractivity contribution in [1.29, 1.82) is 0 Å². The number of aromatic nitrogens is 1. The SMILES string of the molecule is c1cc2cc(c1)N1CN(N=N1)C1CCCCC1N1CN(c3cccc(c3)O2)c2cccnc21. The largest absolute Gasteiger partial charge is 0.457 e. The van der Waals surface area contributed by atoms with Gasteiger partial charge in [0.25, 0.3) is 0 Å². The quantitative estimate of drug-likeness (QED) is 0.463. The van der Waals surface area contributed by atoms with Crippen LogP contribution in [0, 0.1) is 0 Å². The van der Waals surface area contributed by atoms with Gasteiger partial charge in [-0.2, -0.15) is 0 Å². The molecule has 1 aliphatic carbocycles. The van der Waals surface area contributed by atoms with Crippen LogP contribution in [0.5, 0.6) is 11.5 Å². The molecule has 0 saturated heterocycles. The van der Waals surface area contributed by atoms with Crippen molar-refractivity contribution in [3.63, 3.8) is 0 Å². The molecule has 33 heavy (non-hydrogen) atoms. The summed E-state index contributed by atoms with van der Waals surface area (Å²) in [7, 11) is 0. The Hall–Kier alpha value is -3.81. The first-order chi connectivity index (χ1) is 16.3. The highest BCUT2D eigenvalue weighted by molar-refractivity contribution is 5.80. The molecule has 2 unspecified atom stereocenters. The molecule has 2 atom stereocenters. The van der Waals surface area contributed by atoms with Gasteiger partial charge in [0.15, 0.2) is 5.82 Å². The number of rotatable bonds is 0. The van der Waals surface area contributed by atoms with Gasteiger partial charge in [0.1, 0.15) is 18.2 Å². The Bertz CT molecular complexity index is 1230. The van der Waals surface area contributed by atoms with E-state index in [1.54, 1.807) is 0 Å². The van der Waals surface area contributed by atoms with Crippen molar-refractivity contribution < 1.29 is 4.74 Å². The molecular formula is C25H25N7O. The molecule has 166 valence electrons. The van der Waals surface area contributed by atoms with Crippen LogP contribution in [-0.4, -0.2) is 35.4 Å². The first-order valence-corrected chi connectivity index (χ1v) is 11.7. The van der Waals surface area contributed by atoms with Gasteiger partial charge in [-0.05, 0) is 54.5 Å². The van der Waals surface area contributed by atoms with Gasteiger partial charge in [0.2, 0.25) is 0 Å². The van der Waals surface area contributed by atoms with E-state index in [0.29, 0.717) is 18.8 Å². The molecule has 3 aromatic rings. The number of fused-ring (bicyclic) bond motifs is 16. The van der Waals surface area contributed by atoms with Gasteiger partial charge < -0.3 is 14.5 Å². The van der Waals surface area contributed by atoms with Gasteiger partial charge in [-0.1, -0.05) is 30.2 Å². The number of nitrogens with zero attached hydrogens (tertiary/aromatic N) is 7. The maximum absolute atomic E-state index is 6.26. The van der Waals surface area contributed by atoms with Crippen LogP contribution in [0.2, 0.25) is 0 Å². The molecule has 8 nitrogen and oxygen atoms in total. The molecule has 7 rings (SSSR count). The standard InChI is InChI=1S/C25H25N7O/c1-2-11-23-22(10-1)30-16-29(24-12-5-13-26-25(24)30)18-6-3-8-20(14-18)33-21-9-4-7-19(15-21)31-17-32(23)28-27-31/h3-9,12-15,22-23H,1-2,10-11,16-17H2. The molecule has 8 bridgehead atoms. The van der Waals surface area contributed by atoms with Crippen molar-refractivity contribution in [2.24, 2.45) is 10.4 Å². The average Bonchev–Trinajstić information content (AvgIpc) is 3.50. The normalized spacial score (nSPS) is 22.9. The van der Waals surface area contributed by atoms with Crippen LogP contribution < -0.4 is 19.5 Å². The lowest BCUT2D eigenvalue weighted by atomic mass is 9.89.